The van der Waals surface area contributed by atoms with Gasteiger partial charge in [-0.2, -0.15) is 0 Å². The summed E-state index contributed by atoms with van der Waals surface area (Å²) in [6.45, 7) is 10.2. The number of hydrogen-bond donors (Lipinski definition) is 1. The van der Waals surface area contributed by atoms with E-state index in [1.807, 2.05) is 11.3 Å². The SMILES string of the molecule is CCCNC(c1sccc1C)C(CC)(CC)N(C)C. The molecule has 0 bridgehead atoms. The van der Waals surface area contributed by atoms with Gasteiger partial charge in [-0.25, -0.2) is 0 Å². The van der Waals surface area contributed by atoms with E-state index in [1.54, 1.807) is 0 Å². The van der Waals surface area contributed by atoms with E-state index in [2.05, 4.69) is 63.5 Å². The van der Waals surface area contributed by atoms with Crippen LogP contribution in [0.3, 0.4) is 0 Å². The minimum absolute atomic E-state index is 0.199. The third-order valence-corrected chi connectivity index (χ3v) is 5.50. The number of aryl methyl sites for hydroxylation is 1. The van der Waals surface area contributed by atoms with Gasteiger partial charge in [0, 0.05) is 10.4 Å². The normalized spacial score (nSPS) is 14.1. The predicted octanol–water partition coefficient (Wildman–Crippen LogP) is 4.22. The molecule has 0 aliphatic carbocycles. The maximum absolute atomic E-state index is 3.81. The summed E-state index contributed by atoms with van der Waals surface area (Å²) < 4.78 is 0. The fourth-order valence-electron chi connectivity index (χ4n) is 3.04. The highest BCUT2D eigenvalue weighted by Gasteiger charge is 2.39. The quantitative estimate of drug-likeness (QED) is 0.768. The summed E-state index contributed by atoms with van der Waals surface area (Å²) in [4.78, 5) is 3.92. The maximum Gasteiger partial charge on any atom is 0.0604 e. The molecule has 0 aliphatic heterocycles. The van der Waals surface area contributed by atoms with Crippen LogP contribution in [0, 0.1) is 6.92 Å². The van der Waals surface area contributed by atoms with Crippen molar-refractivity contribution >= 4 is 11.3 Å². The minimum atomic E-state index is 0.199. The average Bonchev–Trinajstić information content (AvgIpc) is 2.80. The molecule has 0 spiro atoms. The van der Waals surface area contributed by atoms with Crippen molar-refractivity contribution in [3.8, 4) is 0 Å². The van der Waals surface area contributed by atoms with Crippen LogP contribution in [0.2, 0.25) is 0 Å². The summed E-state index contributed by atoms with van der Waals surface area (Å²) in [7, 11) is 4.44. The van der Waals surface area contributed by atoms with Gasteiger partial charge in [0.1, 0.15) is 0 Å². The molecule has 1 heterocycles. The molecule has 0 amide bonds. The van der Waals surface area contributed by atoms with Crippen LogP contribution >= 0.6 is 11.3 Å². The Bertz CT molecular complexity index is 367. The molecule has 2 nitrogen and oxygen atoms in total. The van der Waals surface area contributed by atoms with Crippen molar-refractivity contribution in [2.45, 2.75) is 58.5 Å². The minimum Gasteiger partial charge on any atom is -0.308 e. The van der Waals surface area contributed by atoms with Crippen LogP contribution in [0.25, 0.3) is 0 Å². The Hall–Kier alpha value is -0.380. The van der Waals surface area contributed by atoms with Gasteiger partial charge in [-0.3, -0.25) is 0 Å². The van der Waals surface area contributed by atoms with Crippen LogP contribution in [-0.4, -0.2) is 31.1 Å². The Morgan fingerprint density at radius 2 is 1.89 bits per heavy atom. The lowest BCUT2D eigenvalue weighted by Gasteiger charge is -2.45. The molecular formula is C16H30N2S. The molecule has 0 aliphatic rings. The van der Waals surface area contributed by atoms with Crippen molar-refractivity contribution in [1.82, 2.24) is 10.2 Å². The highest BCUT2D eigenvalue weighted by atomic mass is 32.1. The number of thiophene rings is 1. The van der Waals surface area contributed by atoms with Crippen molar-refractivity contribution in [2.75, 3.05) is 20.6 Å². The second-order valence-corrected chi connectivity index (χ2v) is 6.51. The third-order valence-electron chi connectivity index (χ3n) is 4.41. The van der Waals surface area contributed by atoms with E-state index in [1.165, 1.54) is 16.9 Å². The monoisotopic (exact) mass is 282 g/mol. The second-order valence-electron chi connectivity index (χ2n) is 5.56. The topological polar surface area (TPSA) is 15.3 Å². The van der Waals surface area contributed by atoms with Crippen LogP contribution in [0.4, 0.5) is 0 Å². The molecule has 1 atom stereocenters. The number of rotatable bonds is 8. The summed E-state index contributed by atoms with van der Waals surface area (Å²) in [5, 5.41) is 6.02. The van der Waals surface area contributed by atoms with E-state index in [-0.39, 0.29) is 5.54 Å². The van der Waals surface area contributed by atoms with Gasteiger partial charge < -0.3 is 10.2 Å². The van der Waals surface area contributed by atoms with Crippen molar-refractivity contribution in [2.24, 2.45) is 0 Å². The van der Waals surface area contributed by atoms with Gasteiger partial charge in [0.2, 0.25) is 0 Å². The van der Waals surface area contributed by atoms with E-state index in [9.17, 15) is 0 Å². The standard InChI is InChI=1S/C16H30N2S/c1-7-11-17-15(14-13(4)10-12-19-14)16(8-2,9-3)18(5)6/h10,12,15,17H,7-9,11H2,1-6H3. The van der Waals surface area contributed by atoms with Crippen LogP contribution in [0.5, 0.6) is 0 Å². The summed E-state index contributed by atoms with van der Waals surface area (Å²) in [5.41, 5.74) is 1.62. The van der Waals surface area contributed by atoms with Gasteiger partial charge in [0.05, 0.1) is 6.04 Å². The largest absolute Gasteiger partial charge is 0.308 e. The Morgan fingerprint density at radius 1 is 1.26 bits per heavy atom. The van der Waals surface area contributed by atoms with Crippen LogP contribution in [0.1, 0.15) is 56.5 Å². The lowest BCUT2D eigenvalue weighted by molar-refractivity contribution is 0.0894. The number of nitrogens with one attached hydrogen (secondary N) is 1. The first-order chi connectivity index (χ1) is 9.03. The van der Waals surface area contributed by atoms with Crippen LogP contribution in [-0.2, 0) is 0 Å². The fourth-order valence-corrected chi connectivity index (χ4v) is 4.16. The van der Waals surface area contributed by atoms with Crippen LogP contribution in [0.15, 0.2) is 11.4 Å². The lowest BCUT2D eigenvalue weighted by atomic mass is 9.81. The van der Waals surface area contributed by atoms with E-state index in [4.69, 9.17) is 0 Å². The zero-order valence-corrected chi connectivity index (χ0v) is 14.2. The highest BCUT2D eigenvalue weighted by Crippen LogP contribution is 2.39. The summed E-state index contributed by atoms with van der Waals surface area (Å²) >= 11 is 1.89. The van der Waals surface area contributed by atoms with Gasteiger partial charge in [0.15, 0.2) is 0 Å². The first-order valence-corrected chi connectivity index (χ1v) is 8.36. The number of hydrogen-bond acceptors (Lipinski definition) is 3. The molecule has 0 fully saturated rings. The molecule has 1 aromatic rings. The molecule has 0 radical (unpaired) electrons. The Kier molecular flexibility index (Phi) is 6.51. The number of likely N-dealkylation sites (N-methyl/N-ethyl adjacent to an activating group) is 1. The fraction of sp³-hybridized carbons (Fsp3) is 0.750. The second kappa shape index (κ2) is 7.41. The zero-order valence-electron chi connectivity index (χ0n) is 13.4. The zero-order chi connectivity index (χ0) is 14.5. The molecule has 0 aromatic carbocycles. The molecule has 1 aromatic heterocycles. The lowest BCUT2D eigenvalue weighted by Crippen LogP contribution is -2.53. The smallest absolute Gasteiger partial charge is 0.0604 e. The van der Waals surface area contributed by atoms with Crippen molar-refractivity contribution in [3.05, 3.63) is 21.9 Å². The number of nitrogens with zero attached hydrogens (tertiary/aromatic N) is 1. The van der Waals surface area contributed by atoms with Gasteiger partial charge in [0.25, 0.3) is 0 Å². The van der Waals surface area contributed by atoms with Gasteiger partial charge in [-0.05, 0) is 63.8 Å². The highest BCUT2D eigenvalue weighted by molar-refractivity contribution is 7.10. The summed E-state index contributed by atoms with van der Waals surface area (Å²) in [5.74, 6) is 0. The van der Waals surface area contributed by atoms with Gasteiger partial charge in [-0.1, -0.05) is 20.8 Å². The Labute approximate surface area is 123 Å². The van der Waals surface area contributed by atoms with Crippen molar-refractivity contribution in [1.29, 1.82) is 0 Å². The first-order valence-electron chi connectivity index (χ1n) is 7.48. The summed E-state index contributed by atoms with van der Waals surface area (Å²) in [6, 6.07) is 2.67. The predicted molar refractivity (Wildman–Crippen MR) is 87.1 cm³/mol. The van der Waals surface area contributed by atoms with Crippen molar-refractivity contribution < 1.29 is 0 Å². The third kappa shape index (κ3) is 3.39. The Balaban J connectivity index is 3.17. The maximum atomic E-state index is 3.81. The molecule has 0 saturated carbocycles. The molecule has 1 unspecified atom stereocenters. The van der Waals surface area contributed by atoms with Gasteiger partial charge in [-0.15, -0.1) is 11.3 Å². The van der Waals surface area contributed by atoms with Crippen molar-refractivity contribution in [3.63, 3.8) is 0 Å². The molecule has 1 N–H and O–H groups in total. The molecule has 3 heteroatoms. The molecule has 1 rings (SSSR count). The molecule has 19 heavy (non-hydrogen) atoms. The molecular weight excluding hydrogens is 252 g/mol. The average molecular weight is 282 g/mol. The van der Waals surface area contributed by atoms with E-state index in [0.717, 1.165) is 19.4 Å². The van der Waals surface area contributed by atoms with E-state index >= 15 is 0 Å². The van der Waals surface area contributed by atoms with Gasteiger partial charge >= 0.3 is 0 Å². The first kappa shape index (κ1) is 16.7. The van der Waals surface area contributed by atoms with E-state index < -0.39 is 0 Å². The molecule has 0 saturated heterocycles. The van der Waals surface area contributed by atoms with Crippen LogP contribution < -0.4 is 5.32 Å². The molecule has 110 valence electrons. The van der Waals surface area contributed by atoms with E-state index in [0.29, 0.717) is 6.04 Å². The summed E-state index contributed by atoms with van der Waals surface area (Å²) in [6.07, 6.45) is 3.50. The Morgan fingerprint density at radius 3 is 2.26 bits per heavy atom.